The van der Waals surface area contributed by atoms with Crippen molar-refractivity contribution in [3.8, 4) is 0 Å². The van der Waals surface area contributed by atoms with Gasteiger partial charge in [-0.15, -0.1) is 0 Å². The summed E-state index contributed by atoms with van der Waals surface area (Å²) in [4.78, 5) is 12.6. The van der Waals surface area contributed by atoms with Gasteiger partial charge in [0.2, 0.25) is 6.41 Å². The third-order valence-corrected chi connectivity index (χ3v) is 2.99. The van der Waals surface area contributed by atoms with Gasteiger partial charge in [0.1, 0.15) is 0 Å². The molecule has 1 N–H and O–H groups in total. The van der Waals surface area contributed by atoms with Crippen LogP contribution < -0.4 is 5.32 Å². The number of rotatable bonds is 5. The summed E-state index contributed by atoms with van der Waals surface area (Å²) in [7, 11) is 0. The number of likely N-dealkylation sites (tertiary alicyclic amines) is 1. The van der Waals surface area contributed by atoms with E-state index in [0.29, 0.717) is 11.5 Å². The van der Waals surface area contributed by atoms with Gasteiger partial charge in [-0.25, -0.2) is 0 Å². The first kappa shape index (κ1) is 12.5. The summed E-state index contributed by atoms with van der Waals surface area (Å²) in [5.41, 5.74) is 0.396. The van der Waals surface area contributed by atoms with Crippen LogP contribution in [0.15, 0.2) is 0 Å². The van der Waals surface area contributed by atoms with E-state index >= 15 is 0 Å². The van der Waals surface area contributed by atoms with Crippen molar-refractivity contribution in [3.63, 3.8) is 0 Å². The Balaban J connectivity index is 2.12. The number of hydrogen-bond acceptors (Lipinski definition) is 2. The minimum atomic E-state index is 0.396. The second-order valence-corrected chi connectivity index (χ2v) is 5.65. The molecule has 1 unspecified atom stereocenters. The zero-order valence-electron chi connectivity index (χ0n) is 10.3. The van der Waals surface area contributed by atoms with E-state index in [0.717, 1.165) is 38.9 Å². The molecule has 0 bridgehead atoms. The van der Waals surface area contributed by atoms with Gasteiger partial charge in [-0.2, -0.15) is 0 Å². The van der Waals surface area contributed by atoms with E-state index in [1.165, 1.54) is 6.42 Å². The molecule has 0 radical (unpaired) electrons. The summed E-state index contributed by atoms with van der Waals surface area (Å²) in [5.74, 6) is 0. The predicted molar refractivity (Wildman–Crippen MR) is 62.7 cm³/mol. The molecule has 3 nitrogen and oxygen atoms in total. The molecular formula is C12H24N2O. The zero-order valence-corrected chi connectivity index (χ0v) is 10.3. The summed E-state index contributed by atoms with van der Waals surface area (Å²) in [6, 6.07) is 0.433. The summed E-state index contributed by atoms with van der Waals surface area (Å²) in [5, 5.41) is 3.45. The van der Waals surface area contributed by atoms with Gasteiger partial charge in [-0.3, -0.25) is 4.79 Å². The Bertz CT molecular complexity index is 198. The normalized spacial score (nSPS) is 22.1. The number of nitrogens with one attached hydrogen (secondary N) is 1. The highest BCUT2D eigenvalue weighted by Gasteiger charge is 2.22. The van der Waals surface area contributed by atoms with Crippen molar-refractivity contribution in [1.82, 2.24) is 10.2 Å². The lowest BCUT2D eigenvalue weighted by atomic mass is 9.92. The molecule has 0 saturated carbocycles. The van der Waals surface area contributed by atoms with Crippen molar-refractivity contribution in [1.29, 1.82) is 0 Å². The van der Waals surface area contributed by atoms with Gasteiger partial charge in [0.05, 0.1) is 0 Å². The van der Waals surface area contributed by atoms with Gasteiger partial charge in [-0.05, 0) is 31.2 Å². The van der Waals surface area contributed by atoms with Crippen molar-refractivity contribution < 1.29 is 4.79 Å². The Morgan fingerprint density at radius 2 is 2.20 bits per heavy atom. The van der Waals surface area contributed by atoms with Crippen molar-refractivity contribution in [3.05, 3.63) is 0 Å². The molecule has 1 fully saturated rings. The average molecular weight is 212 g/mol. The topological polar surface area (TPSA) is 32.3 Å². The van der Waals surface area contributed by atoms with E-state index < -0.39 is 0 Å². The average Bonchev–Trinajstić information content (AvgIpc) is 2.58. The number of amides is 1. The first-order valence-corrected chi connectivity index (χ1v) is 5.95. The highest BCUT2D eigenvalue weighted by molar-refractivity contribution is 5.48. The molecule has 1 aliphatic rings. The van der Waals surface area contributed by atoms with Crippen molar-refractivity contribution >= 4 is 6.41 Å². The first-order chi connectivity index (χ1) is 7.03. The van der Waals surface area contributed by atoms with Crippen LogP contribution in [0.5, 0.6) is 0 Å². The van der Waals surface area contributed by atoms with Crippen molar-refractivity contribution in [2.75, 3.05) is 19.6 Å². The fourth-order valence-electron chi connectivity index (χ4n) is 1.95. The van der Waals surface area contributed by atoms with E-state index in [4.69, 9.17) is 0 Å². The summed E-state index contributed by atoms with van der Waals surface area (Å²) < 4.78 is 0. The second-order valence-electron chi connectivity index (χ2n) is 5.65. The van der Waals surface area contributed by atoms with E-state index in [1.807, 2.05) is 4.90 Å². The van der Waals surface area contributed by atoms with Crippen LogP contribution in [0.2, 0.25) is 0 Å². The molecule has 0 aromatic rings. The smallest absolute Gasteiger partial charge is 0.209 e. The van der Waals surface area contributed by atoms with E-state index in [2.05, 4.69) is 26.1 Å². The minimum absolute atomic E-state index is 0.396. The Kier molecular flexibility index (Phi) is 4.58. The number of nitrogens with zero attached hydrogens (tertiary/aromatic N) is 1. The van der Waals surface area contributed by atoms with Crippen LogP contribution in [0.3, 0.4) is 0 Å². The molecule has 1 saturated heterocycles. The van der Waals surface area contributed by atoms with Gasteiger partial charge in [0.15, 0.2) is 0 Å². The van der Waals surface area contributed by atoms with E-state index in [9.17, 15) is 4.79 Å². The maximum atomic E-state index is 10.7. The molecule has 1 heterocycles. The SMILES string of the molecule is CC(C)(C)CCNCC1CCCN1C=O. The Morgan fingerprint density at radius 3 is 2.80 bits per heavy atom. The maximum Gasteiger partial charge on any atom is 0.209 e. The summed E-state index contributed by atoms with van der Waals surface area (Å²) in [6.07, 6.45) is 4.48. The molecule has 0 aromatic carbocycles. The Labute approximate surface area is 93.2 Å². The predicted octanol–water partition coefficient (Wildman–Crippen LogP) is 1.63. The molecule has 1 rings (SSSR count). The molecule has 0 spiro atoms. The Morgan fingerprint density at radius 1 is 1.47 bits per heavy atom. The highest BCUT2D eigenvalue weighted by atomic mass is 16.1. The monoisotopic (exact) mass is 212 g/mol. The standard InChI is InChI=1S/C12H24N2O/c1-12(2,3)6-7-13-9-11-5-4-8-14(11)10-15/h10-11,13H,4-9H2,1-3H3. The van der Waals surface area contributed by atoms with Crippen LogP contribution in [0.4, 0.5) is 0 Å². The molecule has 1 aliphatic heterocycles. The van der Waals surface area contributed by atoms with Crippen LogP contribution >= 0.6 is 0 Å². The summed E-state index contributed by atoms with van der Waals surface area (Å²) >= 11 is 0. The molecule has 1 amide bonds. The lowest BCUT2D eigenvalue weighted by molar-refractivity contribution is -0.118. The largest absolute Gasteiger partial charge is 0.341 e. The van der Waals surface area contributed by atoms with Gasteiger partial charge in [-0.1, -0.05) is 20.8 Å². The van der Waals surface area contributed by atoms with Gasteiger partial charge in [0.25, 0.3) is 0 Å². The molecule has 15 heavy (non-hydrogen) atoms. The third-order valence-electron chi connectivity index (χ3n) is 2.99. The molecular weight excluding hydrogens is 188 g/mol. The maximum absolute atomic E-state index is 10.7. The number of carbonyl (C=O) groups excluding carboxylic acids is 1. The van der Waals surface area contributed by atoms with E-state index in [-0.39, 0.29) is 0 Å². The fourth-order valence-corrected chi connectivity index (χ4v) is 1.95. The number of hydrogen-bond donors (Lipinski definition) is 1. The zero-order chi connectivity index (χ0) is 11.3. The molecule has 0 aromatic heterocycles. The van der Waals surface area contributed by atoms with Crippen LogP contribution in [0.25, 0.3) is 0 Å². The lowest BCUT2D eigenvalue weighted by Gasteiger charge is -2.22. The van der Waals surface area contributed by atoms with Crippen LogP contribution in [-0.2, 0) is 4.79 Å². The minimum Gasteiger partial charge on any atom is -0.341 e. The van der Waals surface area contributed by atoms with Gasteiger partial charge < -0.3 is 10.2 Å². The third kappa shape index (κ3) is 4.65. The summed E-state index contributed by atoms with van der Waals surface area (Å²) in [6.45, 7) is 9.70. The second kappa shape index (κ2) is 5.50. The molecule has 1 atom stereocenters. The van der Waals surface area contributed by atoms with Crippen LogP contribution in [0.1, 0.15) is 40.0 Å². The van der Waals surface area contributed by atoms with Gasteiger partial charge >= 0.3 is 0 Å². The van der Waals surface area contributed by atoms with E-state index in [1.54, 1.807) is 0 Å². The highest BCUT2D eigenvalue weighted by Crippen LogP contribution is 2.17. The molecule has 3 heteroatoms. The fraction of sp³-hybridized carbons (Fsp3) is 0.917. The van der Waals surface area contributed by atoms with Crippen molar-refractivity contribution in [2.45, 2.75) is 46.1 Å². The van der Waals surface area contributed by atoms with Crippen LogP contribution in [0, 0.1) is 5.41 Å². The quantitative estimate of drug-likeness (QED) is 0.555. The van der Waals surface area contributed by atoms with Crippen LogP contribution in [-0.4, -0.2) is 37.0 Å². The number of carbonyl (C=O) groups is 1. The molecule has 88 valence electrons. The Hall–Kier alpha value is -0.570. The molecule has 0 aliphatic carbocycles. The lowest BCUT2D eigenvalue weighted by Crippen LogP contribution is -2.37. The van der Waals surface area contributed by atoms with Crippen molar-refractivity contribution in [2.24, 2.45) is 5.41 Å². The first-order valence-electron chi connectivity index (χ1n) is 5.95. The van der Waals surface area contributed by atoms with Gasteiger partial charge in [0, 0.05) is 19.1 Å².